The summed E-state index contributed by atoms with van der Waals surface area (Å²) in [7, 11) is 0. The Labute approximate surface area is 116 Å². The summed E-state index contributed by atoms with van der Waals surface area (Å²) in [5.41, 5.74) is 2.92. The van der Waals surface area contributed by atoms with Crippen LogP contribution >= 0.6 is 11.3 Å². The maximum atomic E-state index is 12.4. The number of allylic oxidation sites excluding steroid dienone is 1. The van der Waals surface area contributed by atoms with Gasteiger partial charge in [-0.25, -0.2) is 0 Å². The minimum Gasteiger partial charge on any atom is -0.324 e. The number of Topliss-reactive ketones (excluding diaryl/α,β-unsaturated/α-hetero) is 1. The Hall–Kier alpha value is -1.42. The molecule has 1 saturated carbocycles. The number of ketones is 1. The third kappa shape index (κ3) is 2.04. The maximum absolute atomic E-state index is 12.4. The molecule has 0 unspecified atom stereocenters. The first-order valence-corrected chi connectivity index (χ1v) is 7.53. The first kappa shape index (κ1) is 12.6. The summed E-state index contributed by atoms with van der Waals surface area (Å²) < 4.78 is 0. The van der Waals surface area contributed by atoms with Gasteiger partial charge in [0, 0.05) is 23.2 Å². The van der Waals surface area contributed by atoms with E-state index in [1.807, 2.05) is 12.3 Å². The summed E-state index contributed by atoms with van der Waals surface area (Å²) >= 11 is 1.62. The van der Waals surface area contributed by atoms with Crippen molar-refractivity contribution >= 4 is 23.0 Å². The molecule has 1 amide bonds. The van der Waals surface area contributed by atoms with E-state index in [9.17, 15) is 9.59 Å². The largest absolute Gasteiger partial charge is 0.324 e. The topological polar surface area (TPSA) is 37.4 Å². The van der Waals surface area contributed by atoms with Gasteiger partial charge in [0.25, 0.3) is 5.91 Å². The van der Waals surface area contributed by atoms with Gasteiger partial charge in [-0.1, -0.05) is 12.2 Å². The van der Waals surface area contributed by atoms with Gasteiger partial charge in [-0.3, -0.25) is 9.59 Å². The van der Waals surface area contributed by atoms with E-state index in [1.54, 1.807) is 16.2 Å². The predicted molar refractivity (Wildman–Crippen MR) is 75.3 cm³/mol. The lowest BCUT2D eigenvalue weighted by molar-refractivity contribution is -0.122. The Morgan fingerprint density at radius 3 is 2.95 bits per heavy atom. The molecular formula is C15H17NO2S. The highest BCUT2D eigenvalue weighted by atomic mass is 32.1. The van der Waals surface area contributed by atoms with Crippen molar-refractivity contribution in [2.24, 2.45) is 0 Å². The molecule has 0 saturated heterocycles. The molecule has 1 aromatic rings. The van der Waals surface area contributed by atoms with Gasteiger partial charge in [0.2, 0.25) is 0 Å². The number of hydrogen-bond acceptors (Lipinski definition) is 3. The monoisotopic (exact) mass is 275 g/mol. The van der Waals surface area contributed by atoms with Crippen LogP contribution in [0.1, 0.15) is 46.5 Å². The van der Waals surface area contributed by atoms with Crippen LogP contribution < -0.4 is 0 Å². The lowest BCUT2D eigenvalue weighted by Crippen LogP contribution is -2.40. The summed E-state index contributed by atoms with van der Waals surface area (Å²) in [5.74, 6) is 0.188. The first-order chi connectivity index (χ1) is 9.08. The van der Waals surface area contributed by atoms with E-state index in [0.717, 1.165) is 36.0 Å². The molecule has 0 spiro atoms. The molecule has 0 bridgehead atoms. The minimum atomic E-state index is -0.247. The van der Waals surface area contributed by atoms with Crippen molar-refractivity contribution in [2.75, 3.05) is 0 Å². The zero-order valence-electron chi connectivity index (χ0n) is 11.1. The molecule has 100 valence electrons. The van der Waals surface area contributed by atoms with E-state index in [2.05, 4.69) is 6.58 Å². The van der Waals surface area contributed by atoms with Crippen LogP contribution in [0.2, 0.25) is 0 Å². The quantitative estimate of drug-likeness (QED) is 0.583. The second-order valence-corrected chi connectivity index (χ2v) is 6.50. The average molecular weight is 275 g/mol. The number of carbonyl (C=O) groups excluding carboxylic acids is 2. The average Bonchev–Trinajstić information content (AvgIpc) is 2.81. The van der Waals surface area contributed by atoms with Crippen molar-refractivity contribution in [1.82, 2.24) is 4.90 Å². The van der Waals surface area contributed by atoms with Gasteiger partial charge in [-0.15, -0.1) is 11.3 Å². The van der Waals surface area contributed by atoms with Crippen molar-refractivity contribution < 1.29 is 9.59 Å². The second kappa shape index (κ2) is 4.60. The number of rotatable bonds is 1. The van der Waals surface area contributed by atoms with E-state index >= 15 is 0 Å². The van der Waals surface area contributed by atoms with E-state index in [-0.39, 0.29) is 17.7 Å². The standard InChI is InChI=1S/C15H17NO2S/c1-9-4-3-5-13(14(17)6-9)16-7-11-10(2)19-8-12(11)15(16)18/h8,13H,1,3-7H2,2H3/t13-/m0/s1. The maximum Gasteiger partial charge on any atom is 0.255 e. The van der Waals surface area contributed by atoms with Gasteiger partial charge < -0.3 is 4.90 Å². The molecule has 4 heteroatoms. The summed E-state index contributed by atoms with van der Waals surface area (Å²) in [6.45, 7) is 6.57. The number of fused-ring (bicyclic) bond motifs is 1. The highest BCUT2D eigenvalue weighted by Gasteiger charge is 2.38. The zero-order chi connectivity index (χ0) is 13.6. The van der Waals surface area contributed by atoms with Gasteiger partial charge in [0.1, 0.15) is 0 Å². The molecule has 0 N–H and O–H groups in total. The smallest absolute Gasteiger partial charge is 0.255 e. The van der Waals surface area contributed by atoms with Crippen molar-refractivity contribution in [3.05, 3.63) is 33.5 Å². The van der Waals surface area contributed by atoms with E-state index in [4.69, 9.17) is 0 Å². The molecule has 1 aliphatic heterocycles. The SMILES string of the molecule is C=C1CCC[C@H](N2Cc3c(csc3C)C2=O)C(=O)C1. The number of amides is 1. The lowest BCUT2D eigenvalue weighted by Gasteiger charge is -2.25. The normalized spacial score (nSPS) is 23.7. The van der Waals surface area contributed by atoms with Gasteiger partial charge in [-0.2, -0.15) is 0 Å². The van der Waals surface area contributed by atoms with Crippen LogP contribution in [0.15, 0.2) is 17.5 Å². The van der Waals surface area contributed by atoms with Crippen LogP contribution in [0.4, 0.5) is 0 Å². The van der Waals surface area contributed by atoms with Crippen LogP contribution in [0.5, 0.6) is 0 Å². The zero-order valence-corrected chi connectivity index (χ0v) is 11.9. The molecule has 3 rings (SSSR count). The Kier molecular flexibility index (Phi) is 3.05. The van der Waals surface area contributed by atoms with Gasteiger partial charge in [0.15, 0.2) is 5.78 Å². The summed E-state index contributed by atoms with van der Waals surface area (Å²) in [5, 5.41) is 1.92. The van der Waals surface area contributed by atoms with E-state index in [0.29, 0.717) is 13.0 Å². The van der Waals surface area contributed by atoms with Crippen molar-refractivity contribution in [3.63, 3.8) is 0 Å². The molecule has 0 radical (unpaired) electrons. The van der Waals surface area contributed by atoms with Crippen LogP contribution in [0, 0.1) is 6.92 Å². The van der Waals surface area contributed by atoms with Crippen LogP contribution in [0.3, 0.4) is 0 Å². The molecule has 1 aliphatic carbocycles. The van der Waals surface area contributed by atoms with Crippen molar-refractivity contribution in [3.8, 4) is 0 Å². The molecule has 19 heavy (non-hydrogen) atoms. The molecular weight excluding hydrogens is 258 g/mol. The van der Waals surface area contributed by atoms with Gasteiger partial charge in [-0.05, 0) is 31.7 Å². The molecule has 1 fully saturated rings. The fourth-order valence-corrected chi connectivity index (χ4v) is 3.85. The van der Waals surface area contributed by atoms with Crippen molar-refractivity contribution in [1.29, 1.82) is 0 Å². The minimum absolute atomic E-state index is 0.0326. The molecule has 2 heterocycles. The van der Waals surface area contributed by atoms with Gasteiger partial charge in [0.05, 0.1) is 11.6 Å². The van der Waals surface area contributed by atoms with Gasteiger partial charge >= 0.3 is 0 Å². The highest BCUT2D eigenvalue weighted by Crippen LogP contribution is 2.34. The van der Waals surface area contributed by atoms with Crippen molar-refractivity contribution in [2.45, 2.75) is 45.2 Å². The number of thiophene rings is 1. The molecule has 2 aliphatic rings. The van der Waals surface area contributed by atoms with Crippen LogP contribution in [0.25, 0.3) is 0 Å². The highest BCUT2D eigenvalue weighted by molar-refractivity contribution is 7.10. The number of aryl methyl sites for hydroxylation is 1. The first-order valence-electron chi connectivity index (χ1n) is 6.65. The fraction of sp³-hybridized carbons (Fsp3) is 0.467. The fourth-order valence-electron chi connectivity index (χ4n) is 2.99. The molecule has 1 aromatic heterocycles. The molecule has 1 atom stereocenters. The van der Waals surface area contributed by atoms with Crippen LogP contribution in [-0.2, 0) is 11.3 Å². The number of hydrogen-bond donors (Lipinski definition) is 0. The third-order valence-electron chi connectivity index (χ3n) is 4.10. The van der Waals surface area contributed by atoms with Crippen LogP contribution in [-0.4, -0.2) is 22.6 Å². The predicted octanol–water partition coefficient (Wildman–Crippen LogP) is 3.08. The summed E-state index contributed by atoms with van der Waals surface area (Å²) in [4.78, 5) is 27.6. The van der Waals surface area contributed by atoms with E-state index < -0.39 is 0 Å². The van der Waals surface area contributed by atoms with E-state index in [1.165, 1.54) is 4.88 Å². The Morgan fingerprint density at radius 2 is 2.21 bits per heavy atom. The second-order valence-electron chi connectivity index (χ2n) is 5.42. The molecule has 3 nitrogen and oxygen atoms in total. The Morgan fingerprint density at radius 1 is 1.42 bits per heavy atom. The summed E-state index contributed by atoms with van der Waals surface area (Å²) in [6, 6.07) is -0.247. The Bertz CT molecular complexity index is 573. The Balaban J connectivity index is 1.86. The summed E-state index contributed by atoms with van der Waals surface area (Å²) in [6.07, 6.45) is 3.06. The third-order valence-corrected chi connectivity index (χ3v) is 5.06. The number of nitrogens with zero attached hydrogens (tertiary/aromatic N) is 1. The lowest BCUT2D eigenvalue weighted by atomic mass is 10.1. The molecule has 0 aromatic carbocycles. The number of carbonyl (C=O) groups is 2.